The average molecular weight is 221 g/mol. The Labute approximate surface area is 93.9 Å². The van der Waals surface area contributed by atoms with E-state index < -0.39 is 0 Å². The van der Waals surface area contributed by atoms with Crippen LogP contribution < -0.4 is 5.32 Å². The van der Waals surface area contributed by atoms with Gasteiger partial charge in [0, 0.05) is 6.54 Å². The zero-order valence-corrected chi connectivity index (χ0v) is 9.86. The number of thiophene rings is 1. The van der Waals surface area contributed by atoms with Gasteiger partial charge in [0.15, 0.2) is 0 Å². The molecule has 0 atom stereocenters. The Balaban J connectivity index is 1.86. The van der Waals surface area contributed by atoms with E-state index in [9.17, 15) is 0 Å². The maximum atomic E-state index is 5.35. The second-order valence-electron chi connectivity index (χ2n) is 3.71. The van der Waals surface area contributed by atoms with Gasteiger partial charge in [-0.2, -0.15) is 11.3 Å². The third-order valence-electron chi connectivity index (χ3n) is 2.53. The Morgan fingerprint density at radius 3 is 2.67 bits per heavy atom. The molecule has 2 aromatic heterocycles. The fraction of sp³-hybridized carbons (Fsp3) is 0.333. The molecule has 2 nitrogen and oxygen atoms in total. The van der Waals surface area contributed by atoms with E-state index >= 15 is 0 Å². The second kappa shape index (κ2) is 4.64. The molecule has 0 bridgehead atoms. The first-order valence-corrected chi connectivity index (χ1v) is 5.97. The highest BCUT2D eigenvalue weighted by atomic mass is 32.1. The van der Waals surface area contributed by atoms with Crippen LogP contribution in [0, 0.1) is 13.8 Å². The molecule has 0 saturated carbocycles. The summed E-state index contributed by atoms with van der Waals surface area (Å²) in [7, 11) is 0. The fourth-order valence-corrected chi connectivity index (χ4v) is 2.32. The summed E-state index contributed by atoms with van der Waals surface area (Å²) in [5.41, 5.74) is 3.96. The molecule has 0 fully saturated rings. The molecule has 2 heterocycles. The van der Waals surface area contributed by atoms with Crippen molar-refractivity contribution in [2.24, 2.45) is 0 Å². The van der Waals surface area contributed by atoms with E-state index in [4.69, 9.17) is 4.42 Å². The zero-order chi connectivity index (χ0) is 10.7. The normalized spacial score (nSPS) is 10.8. The summed E-state index contributed by atoms with van der Waals surface area (Å²) < 4.78 is 5.35. The Bertz CT molecular complexity index is 390. The SMILES string of the molecule is Cc1cscc1CNCc1occc1C. The largest absolute Gasteiger partial charge is 0.468 e. The molecule has 0 aromatic carbocycles. The standard InChI is InChI=1S/C12H15NOS/c1-9-3-4-14-12(9)6-13-5-11-8-15-7-10(11)2/h3-4,7-8,13H,5-6H2,1-2H3. The molecule has 0 amide bonds. The van der Waals surface area contributed by atoms with Crippen molar-refractivity contribution >= 4 is 11.3 Å². The smallest absolute Gasteiger partial charge is 0.120 e. The van der Waals surface area contributed by atoms with Crippen molar-refractivity contribution in [1.82, 2.24) is 5.32 Å². The molecule has 2 aromatic rings. The van der Waals surface area contributed by atoms with Crippen molar-refractivity contribution in [2.45, 2.75) is 26.9 Å². The molecule has 3 heteroatoms. The summed E-state index contributed by atoms with van der Waals surface area (Å²) in [6, 6.07) is 1.99. The first kappa shape index (κ1) is 10.5. The number of nitrogens with one attached hydrogen (secondary N) is 1. The van der Waals surface area contributed by atoms with E-state index in [0.717, 1.165) is 18.8 Å². The number of aryl methyl sites for hydroxylation is 2. The van der Waals surface area contributed by atoms with Crippen LogP contribution in [0.4, 0.5) is 0 Å². The molecular weight excluding hydrogens is 206 g/mol. The maximum absolute atomic E-state index is 5.35. The highest BCUT2D eigenvalue weighted by Gasteiger charge is 2.02. The van der Waals surface area contributed by atoms with Gasteiger partial charge in [0.25, 0.3) is 0 Å². The third-order valence-corrected chi connectivity index (χ3v) is 3.44. The van der Waals surface area contributed by atoms with Crippen molar-refractivity contribution in [3.63, 3.8) is 0 Å². The van der Waals surface area contributed by atoms with Gasteiger partial charge in [-0.1, -0.05) is 0 Å². The minimum Gasteiger partial charge on any atom is -0.468 e. The summed E-state index contributed by atoms with van der Waals surface area (Å²) in [6.07, 6.45) is 1.74. The molecule has 0 aliphatic carbocycles. The van der Waals surface area contributed by atoms with E-state index in [2.05, 4.69) is 29.9 Å². The summed E-state index contributed by atoms with van der Waals surface area (Å²) in [5.74, 6) is 1.03. The van der Waals surface area contributed by atoms with Crippen LogP contribution in [0.3, 0.4) is 0 Å². The van der Waals surface area contributed by atoms with Crippen molar-refractivity contribution in [3.8, 4) is 0 Å². The molecule has 0 aliphatic heterocycles. The zero-order valence-electron chi connectivity index (χ0n) is 9.04. The Hall–Kier alpha value is -1.06. The molecule has 0 aliphatic rings. The van der Waals surface area contributed by atoms with Crippen molar-refractivity contribution < 1.29 is 4.42 Å². The van der Waals surface area contributed by atoms with Gasteiger partial charge >= 0.3 is 0 Å². The van der Waals surface area contributed by atoms with Gasteiger partial charge in [-0.05, 0) is 47.4 Å². The second-order valence-corrected chi connectivity index (χ2v) is 4.45. The molecule has 0 saturated heterocycles. The van der Waals surface area contributed by atoms with E-state index in [-0.39, 0.29) is 0 Å². The van der Waals surface area contributed by atoms with Crippen LogP contribution in [0.5, 0.6) is 0 Å². The van der Waals surface area contributed by atoms with Gasteiger partial charge in [0.05, 0.1) is 12.8 Å². The average Bonchev–Trinajstić information content (AvgIpc) is 2.78. The van der Waals surface area contributed by atoms with Gasteiger partial charge in [0.2, 0.25) is 0 Å². The van der Waals surface area contributed by atoms with Gasteiger partial charge < -0.3 is 9.73 Å². The van der Waals surface area contributed by atoms with Gasteiger partial charge in [-0.3, -0.25) is 0 Å². The number of furan rings is 1. The number of hydrogen-bond acceptors (Lipinski definition) is 3. The predicted octanol–water partition coefficient (Wildman–Crippen LogP) is 3.25. The predicted molar refractivity (Wildman–Crippen MR) is 63.0 cm³/mol. The monoisotopic (exact) mass is 221 g/mol. The minimum atomic E-state index is 0.800. The summed E-state index contributed by atoms with van der Waals surface area (Å²) in [5, 5.41) is 7.75. The number of hydrogen-bond donors (Lipinski definition) is 1. The summed E-state index contributed by atoms with van der Waals surface area (Å²) in [6.45, 7) is 5.92. The lowest BCUT2D eigenvalue weighted by Gasteiger charge is -2.03. The number of rotatable bonds is 4. The van der Waals surface area contributed by atoms with Gasteiger partial charge in [-0.25, -0.2) is 0 Å². The first-order chi connectivity index (χ1) is 7.27. The van der Waals surface area contributed by atoms with Crippen molar-refractivity contribution in [2.75, 3.05) is 0 Å². The van der Waals surface area contributed by atoms with Crippen LogP contribution in [-0.4, -0.2) is 0 Å². The lowest BCUT2D eigenvalue weighted by Crippen LogP contribution is -2.12. The summed E-state index contributed by atoms with van der Waals surface area (Å²) in [4.78, 5) is 0. The Morgan fingerprint density at radius 2 is 2.07 bits per heavy atom. The summed E-state index contributed by atoms with van der Waals surface area (Å²) >= 11 is 1.75. The minimum absolute atomic E-state index is 0.800. The Kier molecular flexibility index (Phi) is 3.23. The third kappa shape index (κ3) is 2.49. The Morgan fingerprint density at radius 1 is 1.20 bits per heavy atom. The van der Waals surface area contributed by atoms with Crippen molar-refractivity contribution in [1.29, 1.82) is 0 Å². The quantitative estimate of drug-likeness (QED) is 0.857. The van der Waals surface area contributed by atoms with Crippen LogP contribution >= 0.6 is 11.3 Å². The van der Waals surface area contributed by atoms with Crippen LogP contribution in [-0.2, 0) is 13.1 Å². The molecule has 1 N–H and O–H groups in total. The first-order valence-electron chi connectivity index (χ1n) is 5.02. The van der Waals surface area contributed by atoms with E-state index in [0.29, 0.717) is 0 Å². The van der Waals surface area contributed by atoms with E-state index in [1.807, 2.05) is 6.07 Å². The van der Waals surface area contributed by atoms with Crippen LogP contribution in [0.15, 0.2) is 27.5 Å². The lowest BCUT2D eigenvalue weighted by molar-refractivity contribution is 0.480. The van der Waals surface area contributed by atoms with Crippen molar-refractivity contribution in [3.05, 3.63) is 45.5 Å². The van der Waals surface area contributed by atoms with Crippen LogP contribution in [0.2, 0.25) is 0 Å². The molecule has 15 heavy (non-hydrogen) atoms. The van der Waals surface area contributed by atoms with Gasteiger partial charge in [0.1, 0.15) is 5.76 Å². The molecular formula is C12H15NOS. The maximum Gasteiger partial charge on any atom is 0.120 e. The molecule has 0 spiro atoms. The highest BCUT2D eigenvalue weighted by molar-refractivity contribution is 7.08. The molecule has 80 valence electrons. The topological polar surface area (TPSA) is 25.2 Å². The lowest BCUT2D eigenvalue weighted by atomic mass is 10.2. The molecule has 0 radical (unpaired) electrons. The van der Waals surface area contributed by atoms with Crippen LogP contribution in [0.25, 0.3) is 0 Å². The molecule has 2 rings (SSSR count). The van der Waals surface area contributed by atoms with E-state index in [1.165, 1.54) is 16.7 Å². The van der Waals surface area contributed by atoms with Gasteiger partial charge in [-0.15, -0.1) is 0 Å². The van der Waals surface area contributed by atoms with E-state index in [1.54, 1.807) is 17.6 Å². The fourth-order valence-electron chi connectivity index (χ4n) is 1.46. The van der Waals surface area contributed by atoms with Crippen LogP contribution in [0.1, 0.15) is 22.5 Å². The molecule has 0 unspecified atom stereocenters. The highest BCUT2D eigenvalue weighted by Crippen LogP contribution is 2.14.